The quantitative estimate of drug-likeness (QED) is 0.695. The number of aryl methyl sites for hydroxylation is 1. The van der Waals surface area contributed by atoms with Crippen molar-refractivity contribution in [2.75, 3.05) is 6.54 Å². The Morgan fingerprint density at radius 3 is 3.20 bits per heavy atom. The number of carbonyl (C=O) groups excluding carboxylic acids is 1. The van der Waals surface area contributed by atoms with Crippen molar-refractivity contribution in [3.63, 3.8) is 0 Å². The summed E-state index contributed by atoms with van der Waals surface area (Å²) in [5, 5.41) is 13.5. The van der Waals surface area contributed by atoms with E-state index in [0.717, 1.165) is 24.2 Å². The number of nitrogens with zero attached hydrogens (tertiary/aromatic N) is 2. The Kier molecular flexibility index (Phi) is 2.80. The van der Waals surface area contributed by atoms with E-state index in [1.54, 1.807) is 6.08 Å². The Hall–Kier alpha value is -1.65. The Bertz CT molecular complexity index is 371. The van der Waals surface area contributed by atoms with E-state index in [1.165, 1.54) is 0 Å². The van der Waals surface area contributed by atoms with Crippen LogP contribution >= 0.6 is 0 Å². The van der Waals surface area contributed by atoms with Gasteiger partial charge in [0, 0.05) is 18.9 Å². The second-order valence-corrected chi connectivity index (χ2v) is 3.69. The van der Waals surface area contributed by atoms with Gasteiger partial charge in [0.05, 0.1) is 11.4 Å². The average Bonchev–Trinajstić information content (AvgIpc) is 2.72. The van der Waals surface area contributed by atoms with Crippen molar-refractivity contribution in [3.8, 4) is 0 Å². The molecule has 0 saturated heterocycles. The number of nitrogens with one attached hydrogen (secondary N) is 2. The fourth-order valence-electron chi connectivity index (χ4n) is 1.83. The molecule has 0 fully saturated rings. The lowest BCUT2D eigenvalue weighted by atomic mass is 9.89. The Balaban J connectivity index is 1.97. The number of amides is 1. The normalized spacial score (nSPS) is 19.3. The first-order valence-electron chi connectivity index (χ1n) is 5.08. The summed E-state index contributed by atoms with van der Waals surface area (Å²) in [7, 11) is 0. The van der Waals surface area contributed by atoms with Gasteiger partial charge in [0.1, 0.15) is 0 Å². The second-order valence-electron chi connectivity index (χ2n) is 3.69. The van der Waals surface area contributed by atoms with E-state index in [4.69, 9.17) is 0 Å². The minimum Gasteiger partial charge on any atom is -0.352 e. The first-order valence-corrected chi connectivity index (χ1v) is 5.08. The third kappa shape index (κ3) is 2.06. The minimum absolute atomic E-state index is 0.0301. The zero-order valence-electron chi connectivity index (χ0n) is 8.49. The topological polar surface area (TPSA) is 70.7 Å². The molecule has 0 saturated carbocycles. The number of aromatic amines is 1. The van der Waals surface area contributed by atoms with E-state index in [1.807, 2.05) is 0 Å². The molecule has 0 radical (unpaired) electrons. The minimum atomic E-state index is 0.0301. The molecule has 5 nitrogen and oxygen atoms in total. The van der Waals surface area contributed by atoms with Crippen LogP contribution in [0.3, 0.4) is 0 Å². The molecule has 2 N–H and O–H groups in total. The highest BCUT2D eigenvalue weighted by atomic mass is 16.1. The summed E-state index contributed by atoms with van der Waals surface area (Å²) >= 11 is 0. The molecule has 0 spiro atoms. The molecule has 5 heteroatoms. The van der Waals surface area contributed by atoms with Gasteiger partial charge in [-0.15, -0.1) is 6.58 Å². The molecular weight excluding hydrogens is 192 g/mol. The number of fused-ring (bicyclic) bond motifs is 1. The molecule has 80 valence electrons. The van der Waals surface area contributed by atoms with Gasteiger partial charge in [-0.1, -0.05) is 6.08 Å². The third-order valence-electron chi connectivity index (χ3n) is 2.66. The maximum atomic E-state index is 11.7. The largest absolute Gasteiger partial charge is 0.352 e. The van der Waals surface area contributed by atoms with Crippen molar-refractivity contribution < 1.29 is 4.79 Å². The number of hydrogen-bond donors (Lipinski definition) is 2. The predicted octanol–water partition coefficient (Wildman–Crippen LogP) is 0.212. The summed E-state index contributed by atoms with van der Waals surface area (Å²) < 4.78 is 0. The summed E-state index contributed by atoms with van der Waals surface area (Å²) in [5.41, 5.74) is 1.93. The number of rotatable bonds is 3. The Morgan fingerprint density at radius 2 is 2.40 bits per heavy atom. The first-order chi connectivity index (χ1) is 7.31. The highest BCUT2D eigenvalue weighted by molar-refractivity contribution is 5.79. The summed E-state index contributed by atoms with van der Waals surface area (Å²) in [5.74, 6) is 0.117. The molecule has 0 aromatic carbocycles. The van der Waals surface area contributed by atoms with Gasteiger partial charge in [-0.2, -0.15) is 15.4 Å². The summed E-state index contributed by atoms with van der Waals surface area (Å²) in [6, 6.07) is 0. The van der Waals surface area contributed by atoms with E-state index < -0.39 is 0 Å². The summed E-state index contributed by atoms with van der Waals surface area (Å²) in [4.78, 5) is 11.7. The van der Waals surface area contributed by atoms with Crippen LogP contribution in [-0.4, -0.2) is 27.9 Å². The molecule has 1 heterocycles. The number of aromatic nitrogens is 3. The molecule has 1 aromatic rings. The van der Waals surface area contributed by atoms with Gasteiger partial charge < -0.3 is 5.32 Å². The van der Waals surface area contributed by atoms with Crippen molar-refractivity contribution in [1.82, 2.24) is 20.7 Å². The van der Waals surface area contributed by atoms with Crippen LogP contribution in [0.15, 0.2) is 12.7 Å². The molecule has 0 bridgehead atoms. The van der Waals surface area contributed by atoms with Crippen LogP contribution in [-0.2, 0) is 17.6 Å². The van der Waals surface area contributed by atoms with Crippen molar-refractivity contribution in [2.24, 2.45) is 5.92 Å². The fourth-order valence-corrected chi connectivity index (χ4v) is 1.83. The van der Waals surface area contributed by atoms with Crippen LogP contribution < -0.4 is 5.32 Å². The number of carbonyl (C=O) groups is 1. The van der Waals surface area contributed by atoms with E-state index in [2.05, 4.69) is 27.3 Å². The summed E-state index contributed by atoms with van der Waals surface area (Å²) in [6.07, 6.45) is 4.05. The average molecular weight is 206 g/mol. The van der Waals surface area contributed by atoms with Crippen LogP contribution in [0.2, 0.25) is 0 Å². The number of H-pyrrole nitrogens is 1. The smallest absolute Gasteiger partial charge is 0.223 e. The molecule has 1 aromatic heterocycles. The van der Waals surface area contributed by atoms with E-state index in [0.29, 0.717) is 13.0 Å². The zero-order chi connectivity index (χ0) is 10.7. The van der Waals surface area contributed by atoms with Gasteiger partial charge in [-0.05, 0) is 12.8 Å². The lowest BCUT2D eigenvalue weighted by Crippen LogP contribution is -2.34. The molecule has 0 aliphatic heterocycles. The fraction of sp³-hybridized carbons (Fsp3) is 0.500. The predicted molar refractivity (Wildman–Crippen MR) is 55.1 cm³/mol. The van der Waals surface area contributed by atoms with Crippen LogP contribution in [0.25, 0.3) is 0 Å². The highest BCUT2D eigenvalue weighted by Crippen LogP contribution is 2.22. The van der Waals surface area contributed by atoms with Gasteiger partial charge >= 0.3 is 0 Å². The molecule has 1 amide bonds. The van der Waals surface area contributed by atoms with Crippen LogP contribution in [0.1, 0.15) is 17.8 Å². The van der Waals surface area contributed by atoms with Crippen LogP contribution in [0.5, 0.6) is 0 Å². The first kappa shape index (κ1) is 9.89. The van der Waals surface area contributed by atoms with Crippen molar-refractivity contribution in [2.45, 2.75) is 19.3 Å². The van der Waals surface area contributed by atoms with Gasteiger partial charge in [0.2, 0.25) is 5.91 Å². The SMILES string of the molecule is C=CCNC(=O)C1CCc2n[nH]nc2C1. The van der Waals surface area contributed by atoms with Crippen LogP contribution in [0, 0.1) is 5.92 Å². The zero-order valence-corrected chi connectivity index (χ0v) is 8.49. The Morgan fingerprint density at radius 1 is 1.60 bits per heavy atom. The van der Waals surface area contributed by atoms with Crippen molar-refractivity contribution in [1.29, 1.82) is 0 Å². The standard InChI is InChI=1S/C10H14N4O/c1-2-5-11-10(15)7-3-4-8-9(6-7)13-14-12-8/h2,7H,1,3-6H2,(H,11,15)(H,12,13,14). The molecule has 1 unspecified atom stereocenters. The van der Waals surface area contributed by atoms with Crippen molar-refractivity contribution >= 4 is 5.91 Å². The molecule has 2 rings (SSSR count). The molecule has 1 aliphatic carbocycles. The molecule has 1 atom stereocenters. The number of hydrogen-bond acceptors (Lipinski definition) is 3. The second kappa shape index (κ2) is 4.25. The molecular formula is C10H14N4O. The van der Waals surface area contributed by atoms with Gasteiger partial charge in [0.15, 0.2) is 0 Å². The Labute approximate surface area is 88.0 Å². The van der Waals surface area contributed by atoms with Gasteiger partial charge in [-0.25, -0.2) is 0 Å². The maximum Gasteiger partial charge on any atom is 0.223 e. The maximum absolute atomic E-state index is 11.7. The monoisotopic (exact) mass is 206 g/mol. The highest BCUT2D eigenvalue weighted by Gasteiger charge is 2.26. The third-order valence-corrected chi connectivity index (χ3v) is 2.66. The van der Waals surface area contributed by atoms with Crippen LogP contribution in [0.4, 0.5) is 0 Å². The molecule has 15 heavy (non-hydrogen) atoms. The van der Waals surface area contributed by atoms with E-state index in [-0.39, 0.29) is 11.8 Å². The van der Waals surface area contributed by atoms with Gasteiger partial charge in [-0.3, -0.25) is 4.79 Å². The van der Waals surface area contributed by atoms with Gasteiger partial charge in [0.25, 0.3) is 0 Å². The van der Waals surface area contributed by atoms with Crippen molar-refractivity contribution in [3.05, 3.63) is 24.0 Å². The molecule has 1 aliphatic rings. The summed E-state index contributed by atoms with van der Waals surface area (Å²) in [6.45, 7) is 4.09. The van der Waals surface area contributed by atoms with E-state index >= 15 is 0 Å². The lowest BCUT2D eigenvalue weighted by Gasteiger charge is -2.19. The lowest BCUT2D eigenvalue weighted by molar-refractivity contribution is -0.125. The van der Waals surface area contributed by atoms with E-state index in [9.17, 15) is 4.79 Å².